The number of hydrogen-bond donors (Lipinski definition) is 1. The molecule has 0 bridgehead atoms. The van der Waals surface area contributed by atoms with E-state index in [-0.39, 0.29) is 11.9 Å². The van der Waals surface area contributed by atoms with Crippen molar-refractivity contribution in [2.24, 2.45) is 0 Å². The number of hydrogen-bond acceptors (Lipinski definition) is 3. The van der Waals surface area contributed by atoms with Gasteiger partial charge in [0.2, 0.25) is 0 Å². The number of halogens is 1. The number of nitrogens with zero attached hydrogens (tertiary/aromatic N) is 3. The Morgan fingerprint density at radius 1 is 1.59 bits per heavy atom. The number of aromatic nitrogens is 1. The smallest absolute Gasteiger partial charge is 0.407 e. The van der Waals surface area contributed by atoms with Crippen LogP contribution in [0.25, 0.3) is 0 Å². The Hall–Kier alpha value is -1.85. The molecule has 0 radical (unpaired) electrons. The molecule has 1 aliphatic heterocycles. The maximum Gasteiger partial charge on any atom is 0.407 e. The van der Waals surface area contributed by atoms with Gasteiger partial charge in [0.15, 0.2) is 5.82 Å². The number of amides is 1. The Morgan fingerprint density at radius 3 is 2.94 bits per heavy atom. The highest BCUT2D eigenvalue weighted by Gasteiger charge is 2.27. The van der Waals surface area contributed by atoms with Gasteiger partial charge in [0.1, 0.15) is 0 Å². The zero-order valence-electron chi connectivity index (χ0n) is 9.51. The summed E-state index contributed by atoms with van der Waals surface area (Å²) in [6.45, 7) is 3.15. The molecule has 2 heterocycles. The number of rotatable bonds is 1. The molecule has 0 aliphatic carbocycles. The zero-order valence-corrected chi connectivity index (χ0v) is 9.51. The SMILES string of the molecule is C[C@@H]1CN(C(=O)O)CCN1c1ccncc1F. The Kier molecular flexibility index (Phi) is 3.12. The van der Waals surface area contributed by atoms with Gasteiger partial charge in [0.05, 0.1) is 11.9 Å². The number of carboxylic acid groups (broad SMARTS) is 1. The van der Waals surface area contributed by atoms with Crippen molar-refractivity contribution in [2.45, 2.75) is 13.0 Å². The summed E-state index contributed by atoms with van der Waals surface area (Å²) in [4.78, 5) is 17.8. The van der Waals surface area contributed by atoms with Gasteiger partial charge in [-0.3, -0.25) is 4.98 Å². The van der Waals surface area contributed by atoms with Crippen molar-refractivity contribution in [1.29, 1.82) is 0 Å². The molecule has 1 atom stereocenters. The Morgan fingerprint density at radius 2 is 2.35 bits per heavy atom. The third kappa shape index (κ3) is 2.30. The third-order valence-corrected chi connectivity index (χ3v) is 2.96. The maximum atomic E-state index is 13.6. The normalized spacial score (nSPS) is 20.5. The lowest BCUT2D eigenvalue weighted by molar-refractivity contribution is 0.136. The van der Waals surface area contributed by atoms with E-state index in [0.29, 0.717) is 25.3 Å². The van der Waals surface area contributed by atoms with Gasteiger partial charge in [0, 0.05) is 31.9 Å². The molecule has 92 valence electrons. The first kappa shape index (κ1) is 11.6. The fourth-order valence-electron chi connectivity index (χ4n) is 2.09. The topological polar surface area (TPSA) is 56.7 Å². The average molecular weight is 239 g/mol. The van der Waals surface area contributed by atoms with Crippen LogP contribution in [0.1, 0.15) is 6.92 Å². The molecule has 2 rings (SSSR count). The van der Waals surface area contributed by atoms with E-state index in [0.717, 1.165) is 0 Å². The minimum Gasteiger partial charge on any atom is -0.465 e. The summed E-state index contributed by atoms with van der Waals surface area (Å²) in [6.07, 6.45) is 1.78. The average Bonchev–Trinajstić information content (AvgIpc) is 2.30. The lowest BCUT2D eigenvalue weighted by Crippen LogP contribution is -2.53. The number of anilines is 1. The van der Waals surface area contributed by atoms with Crippen molar-refractivity contribution in [2.75, 3.05) is 24.5 Å². The fourth-order valence-corrected chi connectivity index (χ4v) is 2.09. The minimum absolute atomic E-state index is 0.0447. The van der Waals surface area contributed by atoms with Crippen LogP contribution in [0.4, 0.5) is 14.9 Å². The summed E-state index contributed by atoms with van der Waals surface area (Å²) in [5.41, 5.74) is 0.484. The lowest BCUT2D eigenvalue weighted by atomic mass is 10.1. The molecule has 1 saturated heterocycles. The van der Waals surface area contributed by atoms with Crippen molar-refractivity contribution in [3.05, 3.63) is 24.3 Å². The van der Waals surface area contributed by atoms with Gasteiger partial charge >= 0.3 is 6.09 Å². The van der Waals surface area contributed by atoms with Crippen LogP contribution in [0.3, 0.4) is 0 Å². The van der Waals surface area contributed by atoms with E-state index in [2.05, 4.69) is 4.98 Å². The van der Waals surface area contributed by atoms with Crippen LogP contribution < -0.4 is 4.90 Å². The van der Waals surface area contributed by atoms with Crippen molar-refractivity contribution in [3.8, 4) is 0 Å². The van der Waals surface area contributed by atoms with Gasteiger partial charge in [0.25, 0.3) is 0 Å². The van der Waals surface area contributed by atoms with Gasteiger partial charge in [-0.25, -0.2) is 9.18 Å². The van der Waals surface area contributed by atoms with Crippen LogP contribution >= 0.6 is 0 Å². The number of carbonyl (C=O) groups is 1. The molecular weight excluding hydrogens is 225 g/mol. The van der Waals surface area contributed by atoms with E-state index in [1.165, 1.54) is 17.3 Å². The van der Waals surface area contributed by atoms with E-state index in [1.54, 1.807) is 6.07 Å². The van der Waals surface area contributed by atoms with Crippen molar-refractivity contribution in [1.82, 2.24) is 9.88 Å². The van der Waals surface area contributed by atoms with E-state index in [1.807, 2.05) is 11.8 Å². The first-order chi connectivity index (χ1) is 8.09. The Bertz CT molecular complexity index is 427. The monoisotopic (exact) mass is 239 g/mol. The van der Waals surface area contributed by atoms with Crippen LogP contribution in [-0.4, -0.2) is 46.8 Å². The first-order valence-corrected chi connectivity index (χ1v) is 5.43. The van der Waals surface area contributed by atoms with Gasteiger partial charge in [-0.15, -0.1) is 0 Å². The van der Waals surface area contributed by atoms with Crippen molar-refractivity contribution < 1.29 is 14.3 Å². The molecule has 1 aromatic heterocycles. The second kappa shape index (κ2) is 4.57. The predicted molar refractivity (Wildman–Crippen MR) is 60.6 cm³/mol. The highest BCUT2D eigenvalue weighted by atomic mass is 19.1. The van der Waals surface area contributed by atoms with Gasteiger partial charge in [-0.05, 0) is 13.0 Å². The third-order valence-electron chi connectivity index (χ3n) is 2.96. The molecule has 6 heteroatoms. The van der Waals surface area contributed by atoms with E-state index in [9.17, 15) is 9.18 Å². The quantitative estimate of drug-likeness (QED) is 0.805. The molecule has 1 aliphatic rings. The van der Waals surface area contributed by atoms with E-state index in [4.69, 9.17) is 5.11 Å². The Labute approximate surface area is 98.5 Å². The molecule has 1 fully saturated rings. The summed E-state index contributed by atoms with van der Waals surface area (Å²) in [7, 11) is 0. The predicted octanol–water partition coefficient (Wildman–Crippen LogP) is 1.41. The minimum atomic E-state index is -0.924. The molecule has 0 saturated carbocycles. The molecule has 5 nitrogen and oxygen atoms in total. The number of pyridine rings is 1. The highest BCUT2D eigenvalue weighted by molar-refractivity contribution is 5.65. The van der Waals surface area contributed by atoms with Crippen LogP contribution in [0.5, 0.6) is 0 Å². The molecule has 1 aromatic rings. The molecule has 0 unspecified atom stereocenters. The molecular formula is C11H14FN3O2. The number of piperazine rings is 1. The second-order valence-corrected chi connectivity index (χ2v) is 4.10. The summed E-state index contributed by atoms with van der Waals surface area (Å²) in [5.74, 6) is -0.372. The summed E-state index contributed by atoms with van der Waals surface area (Å²) < 4.78 is 13.6. The molecule has 0 aromatic carbocycles. The lowest BCUT2D eigenvalue weighted by Gasteiger charge is -2.40. The van der Waals surface area contributed by atoms with Crippen LogP contribution in [0.15, 0.2) is 18.5 Å². The van der Waals surface area contributed by atoms with Crippen molar-refractivity contribution in [3.63, 3.8) is 0 Å². The summed E-state index contributed by atoms with van der Waals surface area (Å²) >= 11 is 0. The molecule has 1 amide bonds. The van der Waals surface area contributed by atoms with Gasteiger partial charge in [-0.1, -0.05) is 0 Å². The molecule has 1 N–H and O–H groups in total. The highest BCUT2D eigenvalue weighted by Crippen LogP contribution is 2.22. The fraction of sp³-hybridized carbons (Fsp3) is 0.455. The van der Waals surface area contributed by atoms with Gasteiger partial charge in [-0.2, -0.15) is 0 Å². The second-order valence-electron chi connectivity index (χ2n) is 4.10. The largest absolute Gasteiger partial charge is 0.465 e. The molecule has 17 heavy (non-hydrogen) atoms. The van der Waals surface area contributed by atoms with Gasteiger partial charge < -0.3 is 14.9 Å². The van der Waals surface area contributed by atoms with Crippen LogP contribution in [-0.2, 0) is 0 Å². The summed E-state index contributed by atoms with van der Waals surface area (Å²) in [6, 6.07) is 1.57. The van der Waals surface area contributed by atoms with Crippen LogP contribution in [0.2, 0.25) is 0 Å². The summed E-state index contributed by atoms with van der Waals surface area (Å²) in [5, 5.41) is 8.89. The maximum absolute atomic E-state index is 13.6. The van der Waals surface area contributed by atoms with E-state index >= 15 is 0 Å². The standard InChI is InChI=1S/C11H14FN3O2/c1-8-7-14(11(16)17)4-5-15(8)10-2-3-13-6-9(10)12/h2-3,6,8H,4-5,7H2,1H3,(H,16,17)/t8-/m1/s1. The molecule has 0 spiro atoms. The first-order valence-electron chi connectivity index (χ1n) is 5.43. The van der Waals surface area contributed by atoms with Crippen LogP contribution in [0, 0.1) is 5.82 Å². The van der Waals surface area contributed by atoms with E-state index < -0.39 is 6.09 Å². The van der Waals surface area contributed by atoms with Crippen molar-refractivity contribution >= 4 is 11.8 Å². The Balaban J connectivity index is 2.15. The zero-order chi connectivity index (χ0) is 12.4.